The van der Waals surface area contributed by atoms with E-state index in [-0.39, 0.29) is 11.3 Å². The summed E-state index contributed by atoms with van der Waals surface area (Å²) in [6.07, 6.45) is -3.90. The van der Waals surface area contributed by atoms with Crippen LogP contribution in [0, 0.1) is 0 Å². The number of rotatable bonds is 3. The highest BCUT2D eigenvalue weighted by Crippen LogP contribution is 2.39. The second kappa shape index (κ2) is 7.92. The zero-order valence-electron chi connectivity index (χ0n) is 18.2. The summed E-state index contributed by atoms with van der Waals surface area (Å²) in [5.41, 5.74) is -0.0981. The van der Waals surface area contributed by atoms with E-state index in [2.05, 4.69) is 10.3 Å². The number of hydrogen-bond donors (Lipinski definition) is 1. The number of carbonyl (C=O) groups excluding carboxylic acids is 1. The highest BCUT2D eigenvalue weighted by Gasteiger charge is 2.43. The fourth-order valence-corrected chi connectivity index (χ4v) is 3.94. The van der Waals surface area contributed by atoms with Crippen LogP contribution in [-0.2, 0) is 26.5 Å². The minimum atomic E-state index is -4.48. The molecule has 1 N–H and O–H groups in total. The molecule has 0 unspecified atom stereocenters. The second-order valence-electron chi connectivity index (χ2n) is 9.18. The molecule has 1 saturated heterocycles. The molecule has 5 nitrogen and oxygen atoms in total. The van der Waals surface area contributed by atoms with Gasteiger partial charge in [-0.1, -0.05) is 39.0 Å². The first-order valence-corrected chi connectivity index (χ1v) is 10.5. The molecule has 2 heterocycles. The summed E-state index contributed by atoms with van der Waals surface area (Å²) in [7, 11) is 0. The van der Waals surface area contributed by atoms with E-state index in [0.717, 1.165) is 12.1 Å². The molecule has 1 aliphatic rings. The number of amides is 1. The van der Waals surface area contributed by atoms with E-state index in [0.29, 0.717) is 54.3 Å². The van der Waals surface area contributed by atoms with Crippen LogP contribution in [-0.4, -0.2) is 24.1 Å². The number of anilines is 1. The largest absolute Gasteiger partial charge is 0.440 e. The average molecular weight is 446 g/mol. The Kier molecular flexibility index (Phi) is 5.53. The molecule has 1 amide bonds. The lowest BCUT2D eigenvalue weighted by Crippen LogP contribution is -2.45. The van der Waals surface area contributed by atoms with Gasteiger partial charge in [-0.05, 0) is 42.7 Å². The molecule has 32 heavy (non-hydrogen) atoms. The Morgan fingerprint density at radius 2 is 1.78 bits per heavy atom. The number of fused-ring (bicyclic) bond motifs is 1. The SMILES string of the molecule is CC(C)(C)c1nc2cc(NC(=O)C3(c4cccc(C(F)(F)F)c4)CCOCC3)ccc2o1. The van der Waals surface area contributed by atoms with Crippen molar-refractivity contribution < 1.29 is 27.1 Å². The highest BCUT2D eigenvalue weighted by atomic mass is 19.4. The molecule has 8 heteroatoms. The van der Waals surface area contributed by atoms with Gasteiger partial charge in [0.1, 0.15) is 5.52 Å². The van der Waals surface area contributed by atoms with Crippen LogP contribution in [0.2, 0.25) is 0 Å². The Bertz CT molecular complexity index is 1140. The van der Waals surface area contributed by atoms with Gasteiger partial charge in [0.15, 0.2) is 5.58 Å². The average Bonchev–Trinajstić information content (AvgIpc) is 3.18. The van der Waals surface area contributed by atoms with Crippen LogP contribution >= 0.6 is 0 Å². The summed E-state index contributed by atoms with van der Waals surface area (Å²) in [4.78, 5) is 18.0. The van der Waals surface area contributed by atoms with Gasteiger partial charge in [-0.2, -0.15) is 13.2 Å². The molecule has 170 valence electrons. The van der Waals surface area contributed by atoms with Gasteiger partial charge >= 0.3 is 6.18 Å². The lowest BCUT2D eigenvalue weighted by atomic mass is 9.73. The molecule has 0 spiro atoms. The standard InChI is InChI=1S/C24H25F3N2O3/c1-22(2,3)21-29-18-14-17(7-8-19(18)32-21)28-20(30)23(9-11-31-12-10-23)15-5-4-6-16(13-15)24(25,26)27/h4-8,13-14H,9-12H2,1-3H3,(H,28,30). The Morgan fingerprint density at radius 1 is 1.06 bits per heavy atom. The summed E-state index contributed by atoms with van der Waals surface area (Å²) in [5.74, 6) is 0.222. The van der Waals surface area contributed by atoms with E-state index >= 15 is 0 Å². The van der Waals surface area contributed by atoms with Crippen LogP contribution in [0.5, 0.6) is 0 Å². The third-order valence-electron chi connectivity index (χ3n) is 5.81. The van der Waals surface area contributed by atoms with Crippen LogP contribution in [0.4, 0.5) is 18.9 Å². The molecular weight excluding hydrogens is 421 g/mol. The van der Waals surface area contributed by atoms with Crippen LogP contribution in [0.3, 0.4) is 0 Å². The van der Waals surface area contributed by atoms with Crippen molar-refractivity contribution in [1.82, 2.24) is 4.98 Å². The Labute approximate surface area is 184 Å². The van der Waals surface area contributed by atoms with E-state index in [9.17, 15) is 18.0 Å². The number of nitrogens with zero attached hydrogens (tertiary/aromatic N) is 1. The van der Waals surface area contributed by atoms with Crippen molar-refractivity contribution >= 4 is 22.7 Å². The number of benzene rings is 2. The Morgan fingerprint density at radius 3 is 2.44 bits per heavy atom. The summed E-state index contributed by atoms with van der Waals surface area (Å²) in [6, 6.07) is 10.2. The Balaban J connectivity index is 1.67. The van der Waals surface area contributed by atoms with Crippen molar-refractivity contribution in [2.24, 2.45) is 0 Å². The predicted molar refractivity (Wildman–Crippen MR) is 115 cm³/mol. The minimum absolute atomic E-state index is 0.266. The lowest BCUT2D eigenvalue weighted by molar-refractivity contribution is -0.138. The van der Waals surface area contributed by atoms with Gasteiger partial charge in [0.05, 0.1) is 11.0 Å². The van der Waals surface area contributed by atoms with Gasteiger partial charge in [-0.15, -0.1) is 0 Å². The normalized spacial score (nSPS) is 16.8. The molecule has 0 aliphatic carbocycles. The maximum Gasteiger partial charge on any atom is 0.416 e. The van der Waals surface area contributed by atoms with Crippen molar-refractivity contribution in [1.29, 1.82) is 0 Å². The number of alkyl halides is 3. The van der Waals surface area contributed by atoms with E-state index in [1.54, 1.807) is 24.3 Å². The number of carbonyl (C=O) groups is 1. The van der Waals surface area contributed by atoms with Gasteiger partial charge in [0.25, 0.3) is 0 Å². The van der Waals surface area contributed by atoms with Crippen molar-refractivity contribution in [2.45, 2.75) is 50.6 Å². The molecule has 1 aromatic heterocycles. The first-order chi connectivity index (χ1) is 15.0. The number of nitrogens with one attached hydrogen (secondary N) is 1. The third-order valence-corrected chi connectivity index (χ3v) is 5.81. The first kappa shape index (κ1) is 22.3. The molecule has 1 fully saturated rings. The molecule has 2 aromatic carbocycles. The van der Waals surface area contributed by atoms with Crippen molar-refractivity contribution in [3.05, 3.63) is 59.5 Å². The van der Waals surface area contributed by atoms with Crippen LogP contribution < -0.4 is 5.32 Å². The third kappa shape index (κ3) is 4.24. The Hall–Kier alpha value is -2.87. The summed E-state index contributed by atoms with van der Waals surface area (Å²) in [5, 5.41) is 2.89. The molecule has 0 atom stereocenters. The monoisotopic (exact) mass is 446 g/mol. The molecule has 1 aliphatic heterocycles. The topological polar surface area (TPSA) is 64.4 Å². The zero-order chi connectivity index (χ0) is 23.1. The number of hydrogen-bond acceptors (Lipinski definition) is 4. The molecule has 0 bridgehead atoms. The fraction of sp³-hybridized carbons (Fsp3) is 0.417. The minimum Gasteiger partial charge on any atom is -0.440 e. The first-order valence-electron chi connectivity index (χ1n) is 10.5. The molecular formula is C24H25F3N2O3. The number of ether oxygens (including phenoxy) is 1. The van der Waals surface area contributed by atoms with Gasteiger partial charge in [-0.25, -0.2) is 4.98 Å². The van der Waals surface area contributed by atoms with E-state index in [1.807, 2.05) is 20.8 Å². The predicted octanol–water partition coefficient (Wildman–Crippen LogP) is 5.83. The van der Waals surface area contributed by atoms with E-state index < -0.39 is 17.2 Å². The van der Waals surface area contributed by atoms with Crippen molar-refractivity contribution in [3.63, 3.8) is 0 Å². The van der Waals surface area contributed by atoms with Crippen LogP contribution in [0.1, 0.15) is 50.6 Å². The smallest absolute Gasteiger partial charge is 0.416 e. The molecule has 0 saturated carbocycles. The van der Waals surface area contributed by atoms with Gasteiger partial charge in [-0.3, -0.25) is 4.79 Å². The quantitative estimate of drug-likeness (QED) is 0.550. The van der Waals surface area contributed by atoms with Crippen molar-refractivity contribution in [2.75, 3.05) is 18.5 Å². The fourth-order valence-electron chi connectivity index (χ4n) is 3.94. The summed E-state index contributed by atoms with van der Waals surface area (Å²) < 4.78 is 51.1. The van der Waals surface area contributed by atoms with Gasteiger partial charge < -0.3 is 14.5 Å². The molecule has 3 aromatic rings. The van der Waals surface area contributed by atoms with Crippen LogP contribution in [0.15, 0.2) is 46.9 Å². The molecule has 4 rings (SSSR count). The zero-order valence-corrected chi connectivity index (χ0v) is 18.2. The maximum absolute atomic E-state index is 13.5. The highest BCUT2D eigenvalue weighted by molar-refractivity contribution is 6.00. The van der Waals surface area contributed by atoms with Crippen LogP contribution in [0.25, 0.3) is 11.1 Å². The van der Waals surface area contributed by atoms with Crippen molar-refractivity contribution in [3.8, 4) is 0 Å². The van der Waals surface area contributed by atoms with Gasteiger partial charge in [0, 0.05) is 24.3 Å². The van der Waals surface area contributed by atoms with E-state index in [1.165, 1.54) is 6.07 Å². The molecule has 0 radical (unpaired) electrons. The summed E-state index contributed by atoms with van der Waals surface area (Å²) in [6.45, 7) is 6.56. The number of oxazole rings is 1. The number of halogens is 3. The summed E-state index contributed by atoms with van der Waals surface area (Å²) >= 11 is 0. The second-order valence-corrected chi connectivity index (χ2v) is 9.18. The van der Waals surface area contributed by atoms with Gasteiger partial charge in [0.2, 0.25) is 11.8 Å². The van der Waals surface area contributed by atoms with E-state index in [4.69, 9.17) is 9.15 Å². The lowest BCUT2D eigenvalue weighted by Gasteiger charge is -2.36. The maximum atomic E-state index is 13.5. The number of aromatic nitrogens is 1.